The Bertz CT molecular complexity index is 1940. The van der Waals surface area contributed by atoms with Crippen LogP contribution in [-0.2, 0) is 22.6 Å². The summed E-state index contributed by atoms with van der Waals surface area (Å²) in [6.07, 6.45) is 5.15. The van der Waals surface area contributed by atoms with E-state index < -0.39 is 0 Å². The van der Waals surface area contributed by atoms with Gasteiger partial charge in [0.05, 0.1) is 0 Å². The topological polar surface area (TPSA) is 113 Å². The number of nitrogens with zero attached hydrogens (tertiary/aromatic N) is 1. The quantitative estimate of drug-likeness (QED) is 0.111. The Morgan fingerprint density at radius 3 is 2.15 bits per heavy atom. The number of hydrogen-bond acceptors (Lipinski definition) is 6. The number of carbonyl (C=O) groups excluding carboxylic acids is 4. The van der Waals surface area contributed by atoms with Gasteiger partial charge in [0.2, 0.25) is 5.91 Å². The van der Waals surface area contributed by atoms with Crippen LogP contribution in [0.25, 0.3) is 10.8 Å². The van der Waals surface area contributed by atoms with Crippen LogP contribution in [0, 0.1) is 18.7 Å². The Labute approximate surface area is 306 Å². The van der Waals surface area contributed by atoms with Gasteiger partial charge in [-0.25, -0.2) is 4.39 Å². The van der Waals surface area contributed by atoms with Crippen molar-refractivity contribution in [2.24, 2.45) is 5.92 Å². The third kappa shape index (κ3) is 13.0. The number of benzene rings is 4. The van der Waals surface area contributed by atoms with E-state index in [1.54, 1.807) is 60.8 Å². The fraction of sp³-hybridized carbons (Fsp3) is 0.295. The van der Waals surface area contributed by atoms with Crippen molar-refractivity contribution in [1.82, 2.24) is 10.3 Å². The van der Waals surface area contributed by atoms with E-state index in [1.165, 1.54) is 19.1 Å². The van der Waals surface area contributed by atoms with E-state index >= 15 is 0 Å². The van der Waals surface area contributed by atoms with Crippen LogP contribution in [0.2, 0.25) is 0 Å². The van der Waals surface area contributed by atoms with Crippen LogP contribution in [0.5, 0.6) is 5.75 Å². The summed E-state index contributed by atoms with van der Waals surface area (Å²) in [7, 11) is 0. The van der Waals surface area contributed by atoms with Gasteiger partial charge in [0.1, 0.15) is 17.3 Å². The van der Waals surface area contributed by atoms with Gasteiger partial charge < -0.3 is 10.4 Å². The number of ketones is 3. The smallest absolute Gasteiger partial charge is 0.217 e. The molecule has 0 aliphatic carbocycles. The van der Waals surface area contributed by atoms with Crippen molar-refractivity contribution >= 4 is 34.0 Å². The molecule has 52 heavy (non-hydrogen) atoms. The lowest BCUT2D eigenvalue weighted by molar-refractivity contribution is -0.119. The molecule has 1 amide bonds. The third-order valence-corrected chi connectivity index (χ3v) is 8.49. The van der Waals surface area contributed by atoms with Crippen molar-refractivity contribution in [3.05, 3.63) is 143 Å². The first kappa shape index (κ1) is 40.9. The van der Waals surface area contributed by atoms with Gasteiger partial charge in [-0.05, 0) is 60.9 Å². The van der Waals surface area contributed by atoms with E-state index in [2.05, 4.69) is 17.2 Å². The van der Waals surface area contributed by atoms with Crippen molar-refractivity contribution in [1.29, 1.82) is 0 Å². The number of para-hydroxylation sites is 1. The number of hydrogen-bond donors (Lipinski definition) is 2. The first-order valence-corrected chi connectivity index (χ1v) is 17.8. The lowest BCUT2D eigenvalue weighted by atomic mass is 9.94. The lowest BCUT2D eigenvalue weighted by Crippen LogP contribution is -2.18. The first-order valence-electron chi connectivity index (χ1n) is 17.8. The number of rotatable bonds is 14. The summed E-state index contributed by atoms with van der Waals surface area (Å²) in [5.41, 5.74) is 4.01. The minimum Gasteiger partial charge on any atom is -0.507 e. The van der Waals surface area contributed by atoms with Gasteiger partial charge in [-0.3, -0.25) is 24.2 Å². The number of phenolic OH excluding ortho intramolecular Hbond substituents is 1. The van der Waals surface area contributed by atoms with Gasteiger partial charge in [0.15, 0.2) is 11.6 Å². The SMILES string of the molecule is CC.CC(=O)NCc1cccc(C)c1O.CC(CCCC(=O)c1ccc(C(=O)c2ccccc2)cc1)CCC(=O)Cc1cc2cc(F)ccc2cn1. The fourth-order valence-electron chi connectivity index (χ4n) is 5.50. The summed E-state index contributed by atoms with van der Waals surface area (Å²) in [5.74, 6) is 0.280. The molecule has 0 aliphatic heterocycles. The number of phenols is 1. The molecule has 2 N–H and O–H groups in total. The van der Waals surface area contributed by atoms with Crippen molar-refractivity contribution in [2.75, 3.05) is 0 Å². The van der Waals surface area contributed by atoms with Gasteiger partial charge in [0.25, 0.3) is 0 Å². The maximum absolute atomic E-state index is 13.5. The van der Waals surface area contributed by atoms with E-state index in [-0.39, 0.29) is 41.2 Å². The van der Waals surface area contributed by atoms with E-state index in [4.69, 9.17) is 0 Å². The number of aromatic nitrogens is 1. The molecule has 0 spiro atoms. The Hall–Kier alpha value is -5.50. The van der Waals surface area contributed by atoms with Gasteiger partial charge in [-0.2, -0.15) is 0 Å². The number of fused-ring (bicyclic) bond motifs is 1. The minimum absolute atomic E-state index is 0.0563. The average molecular weight is 705 g/mol. The highest BCUT2D eigenvalue weighted by molar-refractivity contribution is 6.09. The lowest BCUT2D eigenvalue weighted by Gasteiger charge is -2.11. The number of pyridine rings is 1. The molecule has 1 heterocycles. The predicted octanol–water partition coefficient (Wildman–Crippen LogP) is 9.55. The van der Waals surface area contributed by atoms with Crippen molar-refractivity contribution < 1.29 is 28.7 Å². The molecule has 5 aromatic rings. The molecular formula is C44H49FN2O5. The molecule has 5 rings (SSSR count). The maximum Gasteiger partial charge on any atom is 0.217 e. The second-order valence-electron chi connectivity index (χ2n) is 12.6. The monoisotopic (exact) mass is 704 g/mol. The molecule has 4 aromatic carbocycles. The molecular weight excluding hydrogens is 655 g/mol. The van der Waals surface area contributed by atoms with Crippen LogP contribution in [0.15, 0.2) is 103 Å². The minimum atomic E-state index is -0.307. The average Bonchev–Trinajstić information content (AvgIpc) is 3.15. The van der Waals surface area contributed by atoms with Gasteiger partial charge in [-0.15, -0.1) is 0 Å². The number of aryl methyl sites for hydroxylation is 1. The van der Waals surface area contributed by atoms with E-state index in [9.17, 15) is 28.7 Å². The standard InChI is InChI=1S/C32H30FNO3.C10H13NO2.C2H6/c1-22(10-17-30(35)20-29-19-27-18-28(33)16-15-26(27)21-34-29)6-5-9-31(36)23-11-13-25(14-12-23)32(37)24-7-3-2-4-8-24;1-7-4-3-5-9(10(7)13)6-11-8(2)12;1-2/h2-4,7-8,11-16,18-19,21-22H,5-6,9-10,17,20H2,1H3;3-5,13H,6H2,1-2H3,(H,11,12);1-2H3. The zero-order valence-corrected chi connectivity index (χ0v) is 30.7. The van der Waals surface area contributed by atoms with Gasteiger partial charge in [0, 0.05) is 72.3 Å². The summed E-state index contributed by atoms with van der Waals surface area (Å²) >= 11 is 0. The summed E-state index contributed by atoms with van der Waals surface area (Å²) in [5, 5.41) is 13.8. The zero-order valence-electron chi connectivity index (χ0n) is 30.7. The molecule has 7 nitrogen and oxygen atoms in total. The van der Waals surface area contributed by atoms with E-state index in [0.29, 0.717) is 47.7 Å². The van der Waals surface area contributed by atoms with Crippen molar-refractivity contribution in [3.63, 3.8) is 0 Å². The van der Waals surface area contributed by atoms with Crippen LogP contribution in [0.4, 0.5) is 4.39 Å². The highest BCUT2D eigenvalue weighted by atomic mass is 19.1. The molecule has 0 fully saturated rings. The number of carbonyl (C=O) groups is 4. The number of Topliss-reactive ketones (excluding diaryl/α,β-unsaturated/α-hetero) is 2. The summed E-state index contributed by atoms with van der Waals surface area (Å²) in [4.78, 5) is 52.5. The second kappa shape index (κ2) is 21.0. The zero-order chi connectivity index (χ0) is 38.0. The van der Waals surface area contributed by atoms with Crippen molar-refractivity contribution in [3.8, 4) is 5.75 Å². The summed E-state index contributed by atoms with van der Waals surface area (Å²) < 4.78 is 13.5. The Balaban J connectivity index is 0.000000408. The molecule has 0 bridgehead atoms. The van der Waals surface area contributed by atoms with Crippen LogP contribution in [-0.4, -0.2) is 33.3 Å². The molecule has 0 saturated heterocycles. The largest absolute Gasteiger partial charge is 0.507 e. The van der Waals surface area contributed by atoms with Crippen LogP contribution in [0.1, 0.15) is 103 Å². The third-order valence-electron chi connectivity index (χ3n) is 8.49. The fourth-order valence-corrected chi connectivity index (χ4v) is 5.50. The molecule has 1 atom stereocenters. The summed E-state index contributed by atoms with van der Waals surface area (Å²) in [6.45, 7) is 9.75. The number of aromatic hydroxyl groups is 1. The number of nitrogens with one attached hydrogen (secondary N) is 1. The second-order valence-corrected chi connectivity index (χ2v) is 12.6. The molecule has 8 heteroatoms. The first-order chi connectivity index (χ1) is 25.0. The number of halogens is 1. The van der Waals surface area contributed by atoms with Crippen molar-refractivity contribution in [2.45, 2.75) is 79.7 Å². The van der Waals surface area contributed by atoms with Gasteiger partial charge in [-0.1, -0.05) is 100.0 Å². The maximum atomic E-state index is 13.5. The normalized spacial score (nSPS) is 11.0. The Morgan fingerprint density at radius 2 is 1.46 bits per heavy atom. The molecule has 0 radical (unpaired) electrons. The van der Waals surface area contributed by atoms with Crippen LogP contribution < -0.4 is 5.32 Å². The molecule has 0 saturated carbocycles. The van der Waals surface area contributed by atoms with E-state index in [1.807, 2.05) is 51.1 Å². The number of amides is 1. The van der Waals surface area contributed by atoms with Crippen LogP contribution >= 0.6 is 0 Å². The van der Waals surface area contributed by atoms with E-state index in [0.717, 1.165) is 41.2 Å². The highest BCUT2D eigenvalue weighted by Gasteiger charge is 2.13. The molecule has 1 unspecified atom stereocenters. The highest BCUT2D eigenvalue weighted by Crippen LogP contribution is 2.21. The Morgan fingerprint density at radius 1 is 0.788 bits per heavy atom. The molecule has 272 valence electrons. The van der Waals surface area contributed by atoms with Crippen LogP contribution in [0.3, 0.4) is 0 Å². The predicted molar refractivity (Wildman–Crippen MR) is 205 cm³/mol. The molecule has 1 aromatic heterocycles. The molecule has 0 aliphatic rings. The summed E-state index contributed by atoms with van der Waals surface area (Å²) in [6, 6.07) is 27.7. The Kier molecular flexibility index (Phi) is 16.5. The van der Waals surface area contributed by atoms with Gasteiger partial charge >= 0.3 is 0 Å².